The topological polar surface area (TPSA) is 48.1 Å². The fourth-order valence-electron chi connectivity index (χ4n) is 1.69. The molecule has 2 N–H and O–H groups in total. The van der Waals surface area contributed by atoms with Gasteiger partial charge in [0, 0.05) is 23.4 Å². The molecule has 3 nitrogen and oxygen atoms in total. The van der Waals surface area contributed by atoms with Crippen LogP contribution in [0.1, 0.15) is 13.8 Å². The molecule has 100 valence electrons. The first kappa shape index (κ1) is 13.3. The fraction of sp³-hybridized carbons (Fsp3) is 0.214. The van der Waals surface area contributed by atoms with Gasteiger partial charge in [0.15, 0.2) is 0 Å². The highest BCUT2D eigenvalue weighted by Crippen LogP contribution is 2.28. The quantitative estimate of drug-likeness (QED) is 0.864. The molecule has 5 heteroatoms. The maximum atomic E-state index is 13.8. The summed E-state index contributed by atoms with van der Waals surface area (Å²) < 4.78 is 32.7. The zero-order chi connectivity index (χ0) is 14.0. The number of rotatable bonds is 3. The Morgan fingerprint density at radius 1 is 1.11 bits per heavy atom. The standard InChI is InChI=1S/C14H14F2N2O/c1-8(2)19-10-3-9(6-18-7-10)11-4-13(16)14(17)5-12(11)15/h3-8H,17H2,1-2H3. The number of halogens is 2. The Labute approximate surface area is 110 Å². The molecule has 0 unspecified atom stereocenters. The predicted molar refractivity (Wildman–Crippen MR) is 69.8 cm³/mol. The Morgan fingerprint density at radius 2 is 1.84 bits per heavy atom. The second-order valence-electron chi connectivity index (χ2n) is 4.43. The van der Waals surface area contributed by atoms with Crippen molar-refractivity contribution in [3.05, 3.63) is 42.2 Å². The molecule has 19 heavy (non-hydrogen) atoms. The summed E-state index contributed by atoms with van der Waals surface area (Å²) in [5.41, 5.74) is 5.63. The second kappa shape index (κ2) is 5.22. The van der Waals surface area contributed by atoms with E-state index in [1.807, 2.05) is 13.8 Å². The Hall–Kier alpha value is -2.17. The number of hydrogen-bond donors (Lipinski definition) is 1. The van der Waals surface area contributed by atoms with Gasteiger partial charge >= 0.3 is 0 Å². The molecule has 1 heterocycles. The van der Waals surface area contributed by atoms with Crippen LogP contribution >= 0.6 is 0 Å². The van der Waals surface area contributed by atoms with Gasteiger partial charge in [0.05, 0.1) is 18.0 Å². The molecule has 0 aliphatic carbocycles. The lowest BCUT2D eigenvalue weighted by atomic mass is 10.1. The number of aromatic nitrogens is 1. The molecule has 0 fully saturated rings. The summed E-state index contributed by atoms with van der Waals surface area (Å²) in [7, 11) is 0. The van der Waals surface area contributed by atoms with Crippen LogP contribution in [0.2, 0.25) is 0 Å². The van der Waals surface area contributed by atoms with Gasteiger partial charge in [0.25, 0.3) is 0 Å². The van der Waals surface area contributed by atoms with Gasteiger partial charge in [-0.3, -0.25) is 4.98 Å². The summed E-state index contributed by atoms with van der Waals surface area (Å²) in [6, 6.07) is 3.63. The Morgan fingerprint density at radius 3 is 2.53 bits per heavy atom. The summed E-state index contributed by atoms with van der Waals surface area (Å²) in [5, 5.41) is 0. The molecule has 1 aromatic heterocycles. The normalized spacial score (nSPS) is 10.8. The summed E-state index contributed by atoms with van der Waals surface area (Å²) in [6.45, 7) is 3.74. The molecule has 0 aliphatic rings. The van der Waals surface area contributed by atoms with E-state index >= 15 is 0 Å². The van der Waals surface area contributed by atoms with E-state index in [-0.39, 0.29) is 17.4 Å². The van der Waals surface area contributed by atoms with Crippen LogP contribution in [0.25, 0.3) is 11.1 Å². The smallest absolute Gasteiger partial charge is 0.146 e. The van der Waals surface area contributed by atoms with Gasteiger partial charge in [0.1, 0.15) is 17.4 Å². The van der Waals surface area contributed by atoms with Crippen LogP contribution in [0.15, 0.2) is 30.6 Å². The Bertz CT molecular complexity index is 600. The third-order valence-electron chi connectivity index (χ3n) is 2.48. The molecule has 1 aromatic carbocycles. The minimum atomic E-state index is -0.661. The summed E-state index contributed by atoms with van der Waals surface area (Å²) in [6.07, 6.45) is 2.95. The van der Waals surface area contributed by atoms with E-state index in [0.29, 0.717) is 11.3 Å². The number of nitrogen functional groups attached to an aromatic ring is 1. The molecule has 2 aromatic rings. The highest BCUT2D eigenvalue weighted by atomic mass is 19.1. The Balaban J connectivity index is 2.44. The molecule has 0 radical (unpaired) electrons. The van der Waals surface area contributed by atoms with Crippen LogP contribution in [-0.4, -0.2) is 11.1 Å². The third kappa shape index (κ3) is 2.99. The molecule has 0 saturated heterocycles. The highest BCUT2D eigenvalue weighted by molar-refractivity contribution is 5.67. The molecular weight excluding hydrogens is 250 g/mol. The minimum absolute atomic E-state index is 0.0231. The van der Waals surface area contributed by atoms with Crippen LogP contribution in [-0.2, 0) is 0 Å². The Kier molecular flexibility index (Phi) is 3.64. The number of ether oxygens (including phenoxy) is 1. The van der Waals surface area contributed by atoms with Crippen molar-refractivity contribution in [2.45, 2.75) is 20.0 Å². The van der Waals surface area contributed by atoms with Gasteiger partial charge < -0.3 is 10.5 Å². The van der Waals surface area contributed by atoms with E-state index in [0.717, 1.165) is 12.1 Å². The number of nitrogens with two attached hydrogens (primary N) is 1. The maximum Gasteiger partial charge on any atom is 0.146 e. The van der Waals surface area contributed by atoms with Crippen molar-refractivity contribution in [2.75, 3.05) is 5.73 Å². The van der Waals surface area contributed by atoms with E-state index in [1.54, 1.807) is 6.07 Å². The SMILES string of the molecule is CC(C)Oc1cncc(-c2cc(F)c(N)cc2F)c1. The van der Waals surface area contributed by atoms with Crippen LogP contribution < -0.4 is 10.5 Å². The number of benzene rings is 1. The lowest BCUT2D eigenvalue weighted by Crippen LogP contribution is -2.05. The van der Waals surface area contributed by atoms with Crippen molar-refractivity contribution < 1.29 is 13.5 Å². The third-order valence-corrected chi connectivity index (χ3v) is 2.48. The van der Waals surface area contributed by atoms with E-state index in [4.69, 9.17) is 10.5 Å². The van der Waals surface area contributed by atoms with Gasteiger partial charge in [-0.05, 0) is 26.0 Å². The van der Waals surface area contributed by atoms with Gasteiger partial charge in [-0.1, -0.05) is 0 Å². The van der Waals surface area contributed by atoms with E-state index in [2.05, 4.69) is 4.98 Å². The lowest BCUT2D eigenvalue weighted by Gasteiger charge is -2.11. The number of anilines is 1. The first-order valence-corrected chi connectivity index (χ1v) is 5.84. The molecule has 0 atom stereocenters. The molecule has 2 rings (SSSR count). The average Bonchev–Trinajstić information content (AvgIpc) is 2.33. The first-order chi connectivity index (χ1) is 8.97. The van der Waals surface area contributed by atoms with Crippen LogP contribution in [0, 0.1) is 11.6 Å². The molecule has 0 saturated carbocycles. The van der Waals surface area contributed by atoms with Crippen LogP contribution in [0.3, 0.4) is 0 Å². The predicted octanol–water partition coefficient (Wildman–Crippen LogP) is 3.40. The van der Waals surface area contributed by atoms with Crippen LogP contribution in [0.5, 0.6) is 5.75 Å². The van der Waals surface area contributed by atoms with Gasteiger partial charge in [-0.25, -0.2) is 8.78 Å². The van der Waals surface area contributed by atoms with Crippen molar-refractivity contribution in [2.24, 2.45) is 0 Å². The molecular formula is C14H14F2N2O. The largest absolute Gasteiger partial charge is 0.489 e. The first-order valence-electron chi connectivity index (χ1n) is 5.84. The number of nitrogens with zero attached hydrogens (tertiary/aromatic N) is 1. The van der Waals surface area contributed by atoms with Gasteiger partial charge in [0.2, 0.25) is 0 Å². The highest BCUT2D eigenvalue weighted by Gasteiger charge is 2.11. The molecule has 0 aliphatic heterocycles. The summed E-state index contributed by atoms with van der Waals surface area (Å²) in [4.78, 5) is 3.96. The summed E-state index contributed by atoms with van der Waals surface area (Å²) in [5.74, 6) is -0.752. The monoisotopic (exact) mass is 264 g/mol. The zero-order valence-electron chi connectivity index (χ0n) is 10.7. The fourth-order valence-corrected chi connectivity index (χ4v) is 1.69. The number of hydrogen-bond acceptors (Lipinski definition) is 3. The van der Waals surface area contributed by atoms with E-state index in [9.17, 15) is 8.78 Å². The molecule has 0 bridgehead atoms. The van der Waals surface area contributed by atoms with Crippen molar-refractivity contribution in [3.8, 4) is 16.9 Å². The molecule has 0 spiro atoms. The number of pyridine rings is 1. The van der Waals surface area contributed by atoms with Crippen molar-refractivity contribution >= 4 is 5.69 Å². The second-order valence-corrected chi connectivity index (χ2v) is 4.43. The minimum Gasteiger partial charge on any atom is -0.489 e. The van der Waals surface area contributed by atoms with E-state index < -0.39 is 11.6 Å². The molecule has 0 amide bonds. The van der Waals surface area contributed by atoms with Crippen molar-refractivity contribution in [3.63, 3.8) is 0 Å². The van der Waals surface area contributed by atoms with E-state index in [1.165, 1.54) is 12.4 Å². The van der Waals surface area contributed by atoms with Crippen molar-refractivity contribution in [1.82, 2.24) is 4.98 Å². The zero-order valence-corrected chi connectivity index (χ0v) is 10.7. The van der Waals surface area contributed by atoms with Crippen molar-refractivity contribution in [1.29, 1.82) is 0 Å². The maximum absolute atomic E-state index is 13.8. The van der Waals surface area contributed by atoms with Crippen LogP contribution in [0.4, 0.5) is 14.5 Å². The summed E-state index contributed by atoms with van der Waals surface area (Å²) >= 11 is 0. The van der Waals surface area contributed by atoms with Gasteiger partial charge in [-0.15, -0.1) is 0 Å². The lowest BCUT2D eigenvalue weighted by molar-refractivity contribution is 0.241. The average molecular weight is 264 g/mol. The van der Waals surface area contributed by atoms with Gasteiger partial charge in [-0.2, -0.15) is 0 Å².